The van der Waals surface area contributed by atoms with Gasteiger partial charge in [0, 0.05) is 17.4 Å². The molecule has 5 heteroatoms. The fourth-order valence-electron chi connectivity index (χ4n) is 1.37. The van der Waals surface area contributed by atoms with Gasteiger partial charge in [0.25, 0.3) is 0 Å². The lowest BCUT2D eigenvalue weighted by molar-refractivity contribution is 0.645. The quantitative estimate of drug-likeness (QED) is 0.766. The summed E-state index contributed by atoms with van der Waals surface area (Å²) in [6.07, 6.45) is 5.09. The Morgan fingerprint density at radius 2 is 1.81 bits per heavy atom. The molecule has 16 heavy (non-hydrogen) atoms. The molecule has 0 saturated heterocycles. The van der Waals surface area contributed by atoms with Gasteiger partial charge in [0.15, 0.2) is 0 Å². The van der Waals surface area contributed by atoms with Gasteiger partial charge in [0.05, 0.1) is 11.7 Å². The first-order valence-electron chi connectivity index (χ1n) is 4.69. The van der Waals surface area contributed by atoms with E-state index in [0.29, 0.717) is 5.02 Å². The molecule has 0 saturated carbocycles. The molecule has 2 aromatic rings. The predicted molar refractivity (Wildman–Crippen MR) is 67.2 cm³/mol. The fourth-order valence-corrected chi connectivity index (χ4v) is 2.03. The molecule has 0 spiro atoms. The second-order valence-electron chi connectivity index (χ2n) is 3.34. The lowest BCUT2D eigenvalue weighted by Gasteiger charge is -2.17. The van der Waals surface area contributed by atoms with Gasteiger partial charge in [-0.15, -0.1) is 11.6 Å². The lowest BCUT2D eigenvalue weighted by atomic mass is 10.1. The molecule has 2 nitrogen and oxygen atoms in total. The summed E-state index contributed by atoms with van der Waals surface area (Å²) in [4.78, 5) is 3.93. The van der Waals surface area contributed by atoms with Crippen LogP contribution in [-0.2, 0) is 0 Å². The van der Waals surface area contributed by atoms with Crippen LogP contribution in [0.2, 0.25) is 5.02 Å². The number of halogens is 3. The normalized spacial score (nSPS) is 14.7. The molecule has 1 aromatic carbocycles. The minimum atomic E-state index is -0.370. The predicted octanol–water partition coefficient (Wildman–Crippen LogP) is 4.25. The molecule has 1 aromatic heterocycles. The third kappa shape index (κ3) is 2.51. The molecular weight excluding hydrogens is 266 g/mol. The number of rotatable bonds is 3. The molecule has 0 bridgehead atoms. The SMILES string of the molecule is Clc1ccc(C(Cl)C(Cl)n2ccnc2)cc1. The van der Waals surface area contributed by atoms with Crippen LogP contribution in [0.1, 0.15) is 16.4 Å². The molecule has 84 valence electrons. The summed E-state index contributed by atoms with van der Waals surface area (Å²) < 4.78 is 1.76. The van der Waals surface area contributed by atoms with Crippen LogP contribution in [0.25, 0.3) is 0 Å². The monoisotopic (exact) mass is 274 g/mol. The third-order valence-corrected chi connectivity index (χ3v) is 3.59. The fraction of sp³-hybridized carbons (Fsp3) is 0.182. The van der Waals surface area contributed by atoms with E-state index in [1.807, 2.05) is 12.1 Å². The van der Waals surface area contributed by atoms with E-state index < -0.39 is 0 Å². The van der Waals surface area contributed by atoms with Gasteiger partial charge in [0.2, 0.25) is 0 Å². The minimum absolute atomic E-state index is 0.326. The minimum Gasteiger partial charge on any atom is -0.319 e. The van der Waals surface area contributed by atoms with Crippen LogP contribution >= 0.6 is 34.8 Å². The first-order chi connectivity index (χ1) is 7.68. The highest BCUT2D eigenvalue weighted by Gasteiger charge is 2.19. The zero-order chi connectivity index (χ0) is 11.5. The van der Waals surface area contributed by atoms with E-state index in [2.05, 4.69) is 4.98 Å². The molecule has 0 aliphatic rings. The summed E-state index contributed by atoms with van der Waals surface area (Å²) >= 11 is 18.3. The summed E-state index contributed by atoms with van der Waals surface area (Å²) in [5, 5.41) is 0.356. The van der Waals surface area contributed by atoms with Crippen molar-refractivity contribution in [2.75, 3.05) is 0 Å². The first-order valence-corrected chi connectivity index (χ1v) is 5.94. The molecule has 0 amide bonds. The second-order valence-corrected chi connectivity index (χ2v) is 4.69. The number of aromatic nitrogens is 2. The van der Waals surface area contributed by atoms with Gasteiger partial charge in [-0.2, -0.15) is 0 Å². The van der Waals surface area contributed by atoms with Crippen molar-refractivity contribution in [2.45, 2.75) is 10.9 Å². The molecule has 1 heterocycles. The van der Waals surface area contributed by atoms with Gasteiger partial charge in [0.1, 0.15) is 5.50 Å². The molecule has 0 aliphatic carbocycles. The third-order valence-electron chi connectivity index (χ3n) is 2.24. The molecule has 2 rings (SSSR count). The smallest absolute Gasteiger partial charge is 0.129 e. The van der Waals surface area contributed by atoms with Crippen molar-refractivity contribution in [1.82, 2.24) is 9.55 Å². The number of nitrogens with zero attached hydrogens (tertiary/aromatic N) is 2. The van der Waals surface area contributed by atoms with Crippen molar-refractivity contribution in [1.29, 1.82) is 0 Å². The van der Waals surface area contributed by atoms with Gasteiger partial charge in [-0.05, 0) is 17.7 Å². The average Bonchev–Trinajstić information content (AvgIpc) is 2.81. The van der Waals surface area contributed by atoms with E-state index in [0.717, 1.165) is 5.56 Å². The lowest BCUT2D eigenvalue weighted by Crippen LogP contribution is -2.06. The topological polar surface area (TPSA) is 17.8 Å². The maximum Gasteiger partial charge on any atom is 0.129 e. The highest BCUT2D eigenvalue weighted by atomic mass is 35.5. The van der Waals surface area contributed by atoms with Crippen LogP contribution in [0.5, 0.6) is 0 Å². The van der Waals surface area contributed by atoms with Gasteiger partial charge in [-0.25, -0.2) is 4.98 Å². The second kappa shape index (κ2) is 5.09. The van der Waals surface area contributed by atoms with Gasteiger partial charge >= 0.3 is 0 Å². The summed E-state index contributed by atoms with van der Waals surface area (Å²) in [6.45, 7) is 0. The zero-order valence-electron chi connectivity index (χ0n) is 8.22. The van der Waals surface area contributed by atoms with E-state index in [4.69, 9.17) is 34.8 Å². The highest BCUT2D eigenvalue weighted by Crippen LogP contribution is 2.35. The number of hydrogen-bond acceptors (Lipinski definition) is 1. The number of benzene rings is 1. The van der Waals surface area contributed by atoms with Crippen molar-refractivity contribution in [3.63, 3.8) is 0 Å². The molecule has 0 radical (unpaired) electrons. The molecule has 0 aliphatic heterocycles. The van der Waals surface area contributed by atoms with E-state index in [9.17, 15) is 0 Å². The summed E-state index contributed by atoms with van der Waals surface area (Å²) in [5.74, 6) is 0. The van der Waals surface area contributed by atoms with Crippen molar-refractivity contribution in [2.24, 2.45) is 0 Å². The van der Waals surface area contributed by atoms with Crippen LogP contribution in [0.4, 0.5) is 0 Å². The Balaban J connectivity index is 2.19. The van der Waals surface area contributed by atoms with Crippen molar-refractivity contribution >= 4 is 34.8 Å². The van der Waals surface area contributed by atoms with Crippen LogP contribution in [0, 0.1) is 0 Å². The maximum atomic E-state index is 6.28. The molecule has 2 unspecified atom stereocenters. The van der Waals surface area contributed by atoms with Crippen LogP contribution in [-0.4, -0.2) is 9.55 Å². The summed E-state index contributed by atoms with van der Waals surface area (Å²) in [6, 6.07) is 7.33. The Labute approximate surface area is 109 Å². The molecular formula is C11H9Cl3N2. The molecule has 0 fully saturated rings. The Bertz CT molecular complexity index is 439. The molecule has 2 atom stereocenters. The molecule has 0 N–H and O–H groups in total. The zero-order valence-corrected chi connectivity index (χ0v) is 10.5. The Morgan fingerprint density at radius 3 is 2.38 bits per heavy atom. The number of alkyl halides is 2. The number of hydrogen-bond donors (Lipinski definition) is 0. The first kappa shape index (κ1) is 11.8. The van der Waals surface area contributed by atoms with Crippen LogP contribution in [0.3, 0.4) is 0 Å². The largest absolute Gasteiger partial charge is 0.319 e. The summed E-state index contributed by atoms with van der Waals surface area (Å²) in [7, 11) is 0. The Hall–Kier alpha value is -0.700. The Morgan fingerprint density at radius 1 is 1.12 bits per heavy atom. The average molecular weight is 276 g/mol. The van der Waals surface area contributed by atoms with Gasteiger partial charge in [-0.1, -0.05) is 35.3 Å². The van der Waals surface area contributed by atoms with Crippen molar-refractivity contribution in [3.05, 3.63) is 53.6 Å². The van der Waals surface area contributed by atoms with E-state index in [-0.39, 0.29) is 10.9 Å². The Kier molecular flexibility index (Phi) is 3.74. The van der Waals surface area contributed by atoms with Gasteiger partial charge in [-0.3, -0.25) is 0 Å². The summed E-state index contributed by atoms with van der Waals surface area (Å²) in [5.41, 5.74) is 0.560. The van der Waals surface area contributed by atoms with E-state index in [1.54, 1.807) is 35.4 Å². The van der Waals surface area contributed by atoms with E-state index in [1.165, 1.54) is 0 Å². The van der Waals surface area contributed by atoms with Gasteiger partial charge < -0.3 is 4.57 Å². The van der Waals surface area contributed by atoms with E-state index >= 15 is 0 Å². The van der Waals surface area contributed by atoms with Crippen molar-refractivity contribution in [3.8, 4) is 0 Å². The van der Waals surface area contributed by atoms with Crippen LogP contribution < -0.4 is 0 Å². The number of imidazole rings is 1. The highest BCUT2D eigenvalue weighted by molar-refractivity contribution is 6.31. The maximum absolute atomic E-state index is 6.28. The standard InChI is InChI=1S/C11H9Cl3N2/c12-9-3-1-8(2-4-9)10(13)11(14)16-6-5-15-7-16/h1-7,10-11H. The van der Waals surface area contributed by atoms with Crippen LogP contribution in [0.15, 0.2) is 43.0 Å². The van der Waals surface area contributed by atoms with Crippen molar-refractivity contribution < 1.29 is 0 Å².